The second-order valence-electron chi connectivity index (χ2n) is 6.53. The number of likely N-dealkylation sites (N-methyl/N-ethyl adjacent to an activating group) is 1. The maximum atomic E-state index is 11.7. The van der Waals surface area contributed by atoms with Crippen molar-refractivity contribution in [3.05, 3.63) is 21.6 Å². The van der Waals surface area contributed by atoms with E-state index in [0.29, 0.717) is 4.90 Å². The Morgan fingerprint density at radius 2 is 1.30 bits per heavy atom. The molecule has 11 N–H and O–H groups in total. The summed E-state index contributed by atoms with van der Waals surface area (Å²) in [6, 6.07) is 0. The Kier molecular flexibility index (Phi) is 5.57. The van der Waals surface area contributed by atoms with Gasteiger partial charge in [-0.05, 0) is 14.1 Å². The molecule has 1 atom stereocenters. The molecular formula is C15H21N3O12. The van der Waals surface area contributed by atoms with E-state index in [1.165, 1.54) is 0 Å². The first kappa shape index (κ1) is 23.1. The molecule has 2 rings (SSSR count). The quantitative estimate of drug-likeness (QED) is 0.122. The van der Waals surface area contributed by atoms with Gasteiger partial charge in [-0.3, -0.25) is 19.5 Å². The van der Waals surface area contributed by atoms with Gasteiger partial charge in [0.15, 0.2) is 11.5 Å². The zero-order valence-corrected chi connectivity index (χ0v) is 15.8. The molecule has 0 saturated carbocycles. The third kappa shape index (κ3) is 3.34. The molecule has 0 amide bonds. The number of phenols is 5. The van der Waals surface area contributed by atoms with Gasteiger partial charge in [0.25, 0.3) is 0 Å². The number of aromatic amines is 1. The summed E-state index contributed by atoms with van der Waals surface area (Å²) in [5.41, 5.74) is -2.95. The fourth-order valence-electron chi connectivity index (χ4n) is 2.58. The monoisotopic (exact) mass is 435 g/mol. The Morgan fingerprint density at radius 3 is 1.67 bits per heavy atom. The number of aromatic nitrogens is 2. The molecule has 0 aliphatic carbocycles. The SMILES string of the molecule is CN(C)C(O)(O)C(O)(O)OC(c1c(O)c(O)c(O)c(O)c1O)c1c(O)c(=O)[nH]n1C. The Labute approximate surface area is 166 Å². The van der Waals surface area contributed by atoms with Crippen molar-refractivity contribution in [1.82, 2.24) is 14.7 Å². The number of aliphatic hydroxyl groups is 4. The summed E-state index contributed by atoms with van der Waals surface area (Å²) in [5.74, 6) is -15.5. The topological polar surface area (TPSA) is 253 Å². The van der Waals surface area contributed by atoms with E-state index in [2.05, 4.69) is 0 Å². The van der Waals surface area contributed by atoms with Crippen LogP contribution in [0.5, 0.6) is 34.5 Å². The highest BCUT2D eigenvalue weighted by atomic mass is 16.8. The number of benzene rings is 1. The first-order chi connectivity index (χ1) is 13.6. The summed E-state index contributed by atoms with van der Waals surface area (Å²) in [5, 5.41) is 102. The van der Waals surface area contributed by atoms with Gasteiger partial charge in [-0.25, -0.2) is 0 Å². The van der Waals surface area contributed by atoms with Crippen LogP contribution in [0.15, 0.2) is 4.79 Å². The molecule has 2 aromatic rings. The van der Waals surface area contributed by atoms with Crippen LogP contribution in [-0.2, 0) is 11.8 Å². The van der Waals surface area contributed by atoms with Gasteiger partial charge >= 0.3 is 17.4 Å². The van der Waals surface area contributed by atoms with Gasteiger partial charge in [0, 0.05) is 7.05 Å². The van der Waals surface area contributed by atoms with Crippen LogP contribution in [0.3, 0.4) is 0 Å². The minimum Gasteiger partial charge on any atom is -0.504 e. The largest absolute Gasteiger partial charge is 0.504 e. The van der Waals surface area contributed by atoms with E-state index in [1.807, 2.05) is 5.10 Å². The number of nitrogens with one attached hydrogen (secondary N) is 1. The molecule has 1 aromatic carbocycles. The van der Waals surface area contributed by atoms with Crippen molar-refractivity contribution in [2.75, 3.05) is 14.1 Å². The molecule has 1 unspecified atom stereocenters. The third-order valence-corrected chi connectivity index (χ3v) is 4.35. The molecule has 0 fully saturated rings. The van der Waals surface area contributed by atoms with Crippen LogP contribution >= 0.6 is 0 Å². The van der Waals surface area contributed by atoms with E-state index in [1.54, 1.807) is 0 Å². The molecule has 168 valence electrons. The lowest BCUT2D eigenvalue weighted by Crippen LogP contribution is -2.64. The molecule has 0 aliphatic rings. The van der Waals surface area contributed by atoms with Crippen molar-refractivity contribution in [2.45, 2.75) is 18.0 Å². The fraction of sp³-hybridized carbons (Fsp3) is 0.400. The Morgan fingerprint density at radius 1 is 0.867 bits per heavy atom. The van der Waals surface area contributed by atoms with Crippen LogP contribution in [0.2, 0.25) is 0 Å². The average Bonchev–Trinajstić information content (AvgIpc) is 2.89. The first-order valence-electron chi connectivity index (χ1n) is 7.97. The Bertz CT molecular complexity index is 994. The van der Waals surface area contributed by atoms with E-state index in [9.17, 15) is 55.9 Å². The molecule has 1 heterocycles. The highest BCUT2D eigenvalue weighted by Gasteiger charge is 2.54. The number of nitrogens with zero attached hydrogens (tertiary/aromatic N) is 2. The molecule has 1 aromatic heterocycles. The van der Waals surface area contributed by atoms with Gasteiger partial charge in [-0.2, -0.15) is 0 Å². The number of aromatic hydroxyl groups is 6. The average molecular weight is 435 g/mol. The second-order valence-corrected chi connectivity index (χ2v) is 6.53. The van der Waals surface area contributed by atoms with Gasteiger partial charge < -0.3 is 55.8 Å². The normalized spacial score (nSPS) is 13.7. The summed E-state index contributed by atoms with van der Waals surface area (Å²) in [6.45, 7) is 0. The molecule has 30 heavy (non-hydrogen) atoms. The summed E-state index contributed by atoms with van der Waals surface area (Å²) in [4.78, 5) is 12.2. The Hall–Kier alpha value is -3.21. The molecular weight excluding hydrogens is 414 g/mol. The molecule has 0 bridgehead atoms. The third-order valence-electron chi connectivity index (χ3n) is 4.35. The van der Waals surface area contributed by atoms with Crippen LogP contribution < -0.4 is 5.56 Å². The minimum atomic E-state index is -3.94. The summed E-state index contributed by atoms with van der Waals surface area (Å²) >= 11 is 0. The van der Waals surface area contributed by atoms with Crippen molar-refractivity contribution in [3.8, 4) is 34.5 Å². The zero-order chi connectivity index (χ0) is 23.3. The smallest absolute Gasteiger partial charge is 0.352 e. The van der Waals surface area contributed by atoms with E-state index < -0.39 is 69.3 Å². The molecule has 15 nitrogen and oxygen atoms in total. The predicted octanol–water partition coefficient (Wildman–Crippen LogP) is -3.11. The number of rotatable bonds is 6. The number of aryl methyl sites for hydroxylation is 1. The van der Waals surface area contributed by atoms with Crippen LogP contribution in [0.25, 0.3) is 0 Å². The van der Waals surface area contributed by atoms with Gasteiger partial charge in [-0.1, -0.05) is 0 Å². The highest BCUT2D eigenvalue weighted by Crippen LogP contribution is 2.55. The molecule has 0 saturated heterocycles. The van der Waals surface area contributed by atoms with E-state index in [-0.39, 0.29) is 0 Å². The minimum absolute atomic E-state index is 0.478. The van der Waals surface area contributed by atoms with Crippen LogP contribution in [0.1, 0.15) is 17.4 Å². The van der Waals surface area contributed by atoms with Gasteiger partial charge in [0.1, 0.15) is 11.8 Å². The number of hydrogen-bond acceptors (Lipinski definition) is 13. The fourth-order valence-corrected chi connectivity index (χ4v) is 2.58. The van der Waals surface area contributed by atoms with Crippen LogP contribution in [0, 0.1) is 0 Å². The van der Waals surface area contributed by atoms with E-state index >= 15 is 0 Å². The van der Waals surface area contributed by atoms with Crippen LogP contribution in [-0.4, -0.2) is 91.7 Å². The number of H-pyrrole nitrogens is 1. The van der Waals surface area contributed by atoms with Crippen molar-refractivity contribution in [1.29, 1.82) is 0 Å². The second kappa shape index (κ2) is 7.24. The standard InChI is InChI=1S/C15H21N3O12/c1-17(2)14(26,27)15(28,29)30-12(5-8(21)13(25)16-18(5)3)4-6(19)9(22)11(24)10(23)7(4)20/h12,19-24,26-29H,1-3H3,(H,16,25). The van der Waals surface area contributed by atoms with Crippen LogP contribution in [0.4, 0.5) is 0 Å². The van der Waals surface area contributed by atoms with Gasteiger partial charge in [0.05, 0.1) is 5.56 Å². The maximum absolute atomic E-state index is 11.7. The lowest BCUT2D eigenvalue weighted by molar-refractivity contribution is -0.498. The highest BCUT2D eigenvalue weighted by molar-refractivity contribution is 5.69. The molecule has 0 radical (unpaired) electrons. The van der Waals surface area contributed by atoms with Gasteiger partial charge in [-0.15, -0.1) is 0 Å². The molecule has 0 spiro atoms. The summed E-state index contributed by atoms with van der Waals surface area (Å²) in [6.07, 6.45) is -2.36. The number of phenolic OH excluding ortho intramolecular Hbond substituents is 5. The molecule has 15 heteroatoms. The maximum Gasteiger partial charge on any atom is 0.352 e. The van der Waals surface area contributed by atoms with Crippen molar-refractivity contribution in [2.24, 2.45) is 7.05 Å². The summed E-state index contributed by atoms with van der Waals surface area (Å²) < 4.78 is 5.57. The number of ether oxygens (including phenoxy) is 1. The van der Waals surface area contributed by atoms with Crippen molar-refractivity contribution in [3.63, 3.8) is 0 Å². The zero-order valence-electron chi connectivity index (χ0n) is 15.8. The number of hydrogen-bond donors (Lipinski definition) is 11. The van der Waals surface area contributed by atoms with Gasteiger partial charge in [0.2, 0.25) is 23.0 Å². The first-order valence-corrected chi connectivity index (χ1v) is 7.97. The van der Waals surface area contributed by atoms with E-state index in [0.717, 1.165) is 25.8 Å². The van der Waals surface area contributed by atoms with E-state index in [4.69, 9.17) is 4.74 Å². The Balaban J connectivity index is 2.86. The lowest BCUT2D eigenvalue weighted by Gasteiger charge is -2.40. The van der Waals surface area contributed by atoms with Crippen molar-refractivity contribution < 1.29 is 55.8 Å². The molecule has 0 aliphatic heterocycles. The summed E-state index contributed by atoms with van der Waals surface area (Å²) in [7, 11) is 3.10. The van der Waals surface area contributed by atoms with Crippen molar-refractivity contribution >= 4 is 0 Å². The lowest BCUT2D eigenvalue weighted by atomic mass is 10.0. The predicted molar refractivity (Wildman–Crippen MR) is 93.4 cm³/mol.